The molecule has 0 aromatic heterocycles. The molecule has 0 spiro atoms. The molecule has 0 unspecified atom stereocenters. The molecule has 0 saturated heterocycles. The van der Waals surface area contributed by atoms with Crippen LogP contribution in [0.3, 0.4) is 0 Å². The standard InChI is InChI=1S/C4H11BN2O/c1-3-7-4(8)5(2)6/h3,6H2,1-2H3,(H,7,8). The van der Waals surface area contributed by atoms with E-state index in [4.69, 9.17) is 5.64 Å². The van der Waals surface area contributed by atoms with Crippen molar-refractivity contribution in [3.8, 4) is 0 Å². The lowest BCUT2D eigenvalue weighted by Gasteiger charge is -1.99. The monoisotopic (exact) mass is 114 g/mol. The van der Waals surface area contributed by atoms with E-state index in [-0.39, 0.29) is 12.7 Å². The molecule has 0 atom stereocenters. The molecule has 8 heavy (non-hydrogen) atoms. The van der Waals surface area contributed by atoms with Gasteiger partial charge in [0.1, 0.15) is 0 Å². The van der Waals surface area contributed by atoms with E-state index < -0.39 is 0 Å². The largest absolute Gasteiger partial charge is 0.363 e. The van der Waals surface area contributed by atoms with Gasteiger partial charge in [-0.1, -0.05) is 6.82 Å². The van der Waals surface area contributed by atoms with E-state index in [1.54, 1.807) is 6.82 Å². The first-order valence-electron chi connectivity index (χ1n) is 2.71. The summed E-state index contributed by atoms with van der Waals surface area (Å²) in [6, 6.07) is 0. The van der Waals surface area contributed by atoms with Crippen molar-refractivity contribution in [2.24, 2.45) is 5.64 Å². The van der Waals surface area contributed by atoms with Crippen molar-refractivity contribution >= 4 is 12.7 Å². The van der Waals surface area contributed by atoms with E-state index in [1.165, 1.54) is 0 Å². The summed E-state index contributed by atoms with van der Waals surface area (Å²) in [5, 5.41) is 2.58. The molecule has 46 valence electrons. The number of hydrogen-bond acceptors (Lipinski definition) is 2. The molecule has 3 N–H and O–H groups in total. The van der Waals surface area contributed by atoms with Gasteiger partial charge in [-0.2, -0.15) is 0 Å². The summed E-state index contributed by atoms with van der Waals surface area (Å²) in [4.78, 5) is 10.5. The number of carbonyl (C=O) groups is 1. The van der Waals surface area contributed by atoms with Crippen molar-refractivity contribution in [3.05, 3.63) is 0 Å². The minimum absolute atomic E-state index is 0.0903. The van der Waals surface area contributed by atoms with Gasteiger partial charge in [0.05, 0.1) is 0 Å². The lowest BCUT2D eigenvalue weighted by atomic mass is 9.66. The quantitative estimate of drug-likeness (QED) is 0.491. The summed E-state index contributed by atoms with van der Waals surface area (Å²) >= 11 is 0. The molecule has 0 radical (unpaired) electrons. The number of hydrogen-bond donors (Lipinski definition) is 2. The van der Waals surface area contributed by atoms with Gasteiger partial charge in [-0.15, -0.1) is 0 Å². The molecule has 3 nitrogen and oxygen atoms in total. The minimum Gasteiger partial charge on any atom is -0.363 e. The highest BCUT2D eigenvalue weighted by atomic mass is 16.1. The van der Waals surface area contributed by atoms with Crippen LogP contribution in [-0.2, 0) is 0 Å². The topological polar surface area (TPSA) is 55.1 Å². The van der Waals surface area contributed by atoms with Crippen LogP contribution in [0.1, 0.15) is 6.92 Å². The van der Waals surface area contributed by atoms with Crippen LogP contribution in [0.2, 0.25) is 6.82 Å². The molecular formula is C4H11BN2O. The Hall–Kier alpha value is -0.505. The molecule has 0 rings (SSSR count). The third kappa shape index (κ3) is 2.63. The maximum Gasteiger partial charge on any atom is 0.323 e. The molecule has 0 aliphatic heterocycles. The molecule has 0 aliphatic rings. The predicted octanol–water partition coefficient (Wildman–Crippen LogP) is -0.122. The average Bonchev–Trinajstić information content (AvgIpc) is 1.67. The third-order valence-corrected chi connectivity index (χ3v) is 0.765. The first-order chi connectivity index (χ1) is 3.68. The second-order valence-corrected chi connectivity index (χ2v) is 1.68. The summed E-state index contributed by atoms with van der Waals surface area (Å²) < 4.78 is 0. The molecule has 0 fully saturated rings. The Morgan fingerprint density at radius 3 is 2.50 bits per heavy atom. The molecule has 0 aromatic carbocycles. The fraction of sp³-hybridized carbons (Fsp3) is 0.750. The Labute approximate surface area is 49.7 Å². The van der Waals surface area contributed by atoms with E-state index in [9.17, 15) is 4.79 Å². The van der Waals surface area contributed by atoms with E-state index in [1.807, 2.05) is 6.92 Å². The van der Waals surface area contributed by atoms with Gasteiger partial charge in [-0.25, -0.2) is 0 Å². The van der Waals surface area contributed by atoms with Crippen molar-refractivity contribution in [1.29, 1.82) is 0 Å². The zero-order chi connectivity index (χ0) is 6.57. The second kappa shape index (κ2) is 3.49. The number of amides is 1. The van der Waals surface area contributed by atoms with E-state index in [2.05, 4.69) is 5.32 Å². The molecule has 0 bridgehead atoms. The lowest BCUT2D eigenvalue weighted by molar-refractivity contribution is 0.259. The maximum atomic E-state index is 10.5. The van der Waals surface area contributed by atoms with Gasteiger partial charge >= 0.3 is 6.85 Å². The molecule has 0 aliphatic carbocycles. The molecule has 0 aromatic rings. The van der Waals surface area contributed by atoms with Crippen LogP contribution in [0.15, 0.2) is 0 Å². The second-order valence-electron chi connectivity index (χ2n) is 1.68. The highest BCUT2D eigenvalue weighted by Crippen LogP contribution is 1.71. The van der Waals surface area contributed by atoms with Crippen LogP contribution in [0, 0.1) is 0 Å². The normalized spacial score (nSPS) is 8.38. The summed E-state index contributed by atoms with van der Waals surface area (Å²) in [7, 11) is 0. The smallest absolute Gasteiger partial charge is 0.323 e. The molecule has 0 saturated carbocycles. The van der Waals surface area contributed by atoms with Gasteiger partial charge in [0.15, 0.2) is 5.81 Å². The summed E-state index contributed by atoms with van der Waals surface area (Å²) in [5.74, 6) is -0.0903. The van der Waals surface area contributed by atoms with Crippen molar-refractivity contribution in [2.45, 2.75) is 13.7 Å². The highest BCUT2D eigenvalue weighted by molar-refractivity contribution is 6.86. The van der Waals surface area contributed by atoms with Gasteiger partial charge in [0.2, 0.25) is 0 Å². The summed E-state index contributed by atoms with van der Waals surface area (Å²) in [6.45, 7) is 3.79. The zero-order valence-corrected chi connectivity index (χ0v) is 5.27. The van der Waals surface area contributed by atoms with Crippen LogP contribution in [0.5, 0.6) is 0 Å². The maximum absolute atomic E-state index is 10.5. The number of nitrogens with one attached hydrogen (secondary N) is 1. The average molecular weight is 114 g/mol. The van der Waals surface area contributed by atoms with Crippen LogP contribution >= 0.6 is 0 Å². The third-order valence-electron chi connectivity index (χ3n) is 0.765. The Bertz CT molecular complexity index is 84.1. The van der Waals surface area contributed by atoms with Crippen molar-refractivity contribution in [3.63, 3.8) is 0 Å². The van der Waals surface area contributed by atoms with E-state index >= 15 is 0 Å². The lowest BCUT2D eigenvalue weighted by Crippen LogP contribution is -2.41. The number of rotatable bonds is 2. The Morgan fingerprint density at radius 2 is 2.38 bits per heavy atom. The Morgan fingerprint density at radius 1 is 1.88 bits per heavy atom. The first kappa shape index (κ1) is 7.49. The summed E-state index contributed by atoms with van der Waals surface area (Å²) in [5.41, 5.74) is 5.21. The van der Waals surface area contributed by atoms with Crippen LogP contribution in [-0.4, -0.2) is 19.2 Å². The van der Waals surface area contributed by atoms with Gasteiger partial charge < -0.3 is 11.0 Å². The fourth-order valence-electron chi connectivity index (χ4n) is 0.335. The van der Waals surface area contributed by atoms with E-state index in [0.717, 1.165) is 0 Å². The van der Waals surface area contributed by atoms with E-state index in [0.29, 0.717) is 6.54 Å². The van der Waals surface area contributed by atoms with Crippen molar-refractivity contribution in [1.82, 2.24) is 5.32 Å². The Balaban J connectivity index is 3.33. The number of nitrogens with two attached hydrogens (primary N) is 1. The molecular weight excluding hydrogens is 103 g/mol. The highest BCUT2D eigenvalue weighted by Gasteiger charge is 2.09. The van der Waals surface area contributed by atoms with Crippen LogP contribution in [0.25, 0.3) is 0 Å². The number of carbonyl (C=O) groups excluding carboxylic acids is 1. The van der Waals surface area contributed by atoms with Crippen LogP contribution < -0.4 is 11.0 Å². The first-order valence-corrected chi connectivity index (χ1v) is 2.71. The molecule has 4 heteroatoms. The minimum atomic E-state index is -0.380. The molecule has 1 amide bonds. The van der Waals surface area contributed by atoms with Gasteiger partial charge in [0.25, 0.3) is 0 Å². The molecule has 0 heterocycles. The predicted molar refractivity (Wildman–Crippen MR) is 34.9 cm³/mol. The SMILES string of the molecule is CCNC(=O)B(C)N. The van der Waals surface area contributed by atoms with Crippen molar-refractivity contribution in [2.75, 3.05) is 6.54 Å². The van der Waals surface area contributed by atoms with Crippen LogP contribution in [0.4, 0.5) is 4.79 Å². The van der Waals surface area contributed by atoms with Gasteiger partial charge in [-0.05, 0) is 6.92 Å². The van der Waals surface area contributed by atoms with Gasteiger partial charge in [0, 0.05) is 6.54 Å². The zero-order valence-electron chi connectivity index (χ0n) is 5.27. The Kier molecular flexibility index (Phi) is 3.27. The summed E-state index contributed by atoms with van der Waals surface area (Å²) in [6.07, 6.45) is 0. The fourth-order valence-corrected chi connectivity index (χ4v) is 0.335. The van der Waals surface area contributed by atoms with Gasteiger partial charge in [-0.3, -0.25) is 4.79 Å². The van der Waals surface area contributed by atoms with Crippen molar-refractivity contribution < 1.29 is 4.79 Å².